The van der Waals surface area contributed by atoms with Gasteiger partial charge in [-0.1, -0.05) is 0 Å². The number of hydrogen-bond donors (Lipinski definition) is 0. The molecule has 0 amide bonds. The molecule has 10 heteroatoms. The molecule has 0 fully saturated rings. The molecular weight excluding hydrogens is 444 g/mol. The van der Waals surface area contributed by atoms with Gasteiger partial charge in [0.05, 0.1) is 35.1 Å². The largest absolute Gasteiger partial charge is 0.463 e. The van der Waals surface area contributed by atoms with Gasteiger partial charge in [-0.2, -0.15) is 10.5 Å². The minimum atomic E-state index is -0.894. The van der Waals surface area contributed by atoms with Crippen molar-refractivity contribution in [1.29, 1.82) is 10.5 Å². The summed E-state index contributed by atoms with van der Waals surface area (Å²) in [5.41, 5.74) is -2.03. The second kappa shape index (κ2) is 10.1. The molecule has 0 bridgehead atoms. The van der Waals surface area contributed by atoms with E-state index in [2.05, 4.69) is 0 Å². The predicted molar refractivity (Wildman–Crippen MR) is 119 cm³/mol. The third-order valence-corrected chi connectivity index (χ3v) is 4.55. The van der Waals surface area contributed by atoms with Gasteiger partial charge < -0.3 is 18.3 Å². The van der Waals surface area contributed by atoms with Crippen LogP contribution >= 0.6 is 0 Å². The van der Waals surface area contributed by atoms with Crippen molar-refractivity contribution in [3.63, 3.8) is 0 Å². The number of nitriles is 2. The number of carbonyl (C=O) groups excluding carboxylic acids is 2. The van der Waals surface area contributed by atoms with E-state index in [1.807, 2.05) is 0 Å². The first-order valence-corrected chi connectivity index (χ1v) is 9.93. The Kier molecular flexibility index (Phi) is 7.04. The Balaban J connectivity index is 2.20. The Morgan fingerprint density at radius 1 is 0.824 bits per heavy atom. The highest BCUT2D eigenvalue weighted by atomic mass is 16.5. The van der Waals surface area contributed by atoms with Crippen LogP contribution in [0.25, 0.3) is 34.1 Å². The number of ether oxygens (including phenoxy) is 2. The SMILES string of the molecule is CCOC(=O)/C(C#N)=C\c1coc2cc3occ(/C=C(/C#N)C(=O)OCC)c(=O)c3cc2c1=O. The van der Waals surface area contributed by atoms with Gasteiger partial charge in [-0.05, 0) is 32.1 Å². The molecule has 10 nitrogen and oxygen atoms in total. The summed E-state index contributed by atoms with van der Waals surface area (Å²) in [6.07, 6.45) is 4.21. The summed E-state index contributed by atoms with van der Waals surface area (Å²) in [6.45, 7) is 3.24. The van der Waals surface area contributed by atoms with E-state index in [0.717, 1.165) is 24.7 Å². The monoisotopic (exact) mass is 460 g/mol. The van der Waals surface area contributed by atoms with Crippen LogP contribution in [0.2, 0.25) is 0 Å². The molecule has 0 atom stereocenters. The zero-order valence-corrected chi connectivity index (χ0v) is 18.0. The second-order valence-electron chi connectivity index (χ2n) is 6.67. The molecule has 0 aliphatic rings. The van der Waals surface area contributed by atoms with Crippen molar-refractivity contribution in [2.45, 2.75) is 13.8 Å². The average molecular weight is 460 g/mol. The fraction of sp³-hybridized carbons (Fsp3) is 0.167. The lowest BCUT2D eigenvalue weighted by Gasteiger charge is -2.04. The van der Waals surface area contributed by atoms with Gasteiger partial charge in [0.1, 0.15) is 47.0 Å². The maximum Gasteiger partial charge on any atom is 0.348 e. The van der Waals surface area contributed by atoms with Gasteiger partial charge in [0, 0.05) is 6.07 Å². The zero-order valence-electron chi connectivity index (χ0n) is 18.0. The van der Waals surface area contributed by atoms with Crippen LogP contribution in [0.5, 0.6) is 0 Å². The molecule has 3 aromatic rings. The lowest BCUT2D eigenvalue weighted by atomic mass is 10.1. The highest BCUT2D eigenvalue weighted by molar-refractivity contribution is 6.00. The van der Waals surface area contributed by atoms with Gasteiger partial charge in [0.2, 0.25) is 0 Å². The Morgan fingerprint density at radius 2 is 1.24 bits per heavy atom. The fourth-order valence-corrected chi connectivity index (χ4v) is 2.98. The number of rotatable bonds is 6. The second-order valence-corrected chi connectivity index (χ2v) is 6.67. The summed E-state index contributed by atoms with van der Waals surface area (Å²) in [6, 6.07) is 5.91. The van der Waals surface area contributed by atoms with Crippen LogP contribution in [-0.4, -0.2) is 25.2 Å². The molecule has 3 rings (SSSR count). The Hall–Kier alpha value is -4.96. The first kappa shape index (κ1) is 23.7. The van der Waals surface area contributed by atoms with Crippen LogP contribution < -0.4 is 10.9 Å². The van der Waals surface area contributed by atoms with E-state index >= 15 is 0 Å². The first-order chi connectivity index (χ1) is 16.3. The van der Waals surface area contributed by atoms with Gasteiger partial charge in [0.25, 0.3) is 0 Å². The van der Waals surface area contributed by atoms with Gasteiger partial charge in [0.15, 0.2) is 10.9 Å². The van der Waals surface area contributed by atoms with Crippen LogP contribution in [-0.2, 0) is 19.1 Å². The third-order valence-electron chi connectivity index (χ3n) is 4.55. The standard InChI is InChI=1S/C24H16N2O8/c1-3-31-23(29)13(9-25)5-15-11-33-19-8-20-18(7-17(19)21(15)27)22(28)16(12-34-20)6-14(10-26)24(30)32-4-2/h5-8,11-12H,3-4H2,1-2H3/b13-5-,14-6-. The van der Waals surface area contributed by atoms with Crippen LogP contribution in [0.1, 0.15) is 25.0 Å². The number of nitrogens with zero attached hydrogens (tertiary/aromatic N) is 2. The summed E-state index contributed by atoms with van der Waals surface area (Å²) in [4.78, 5) is 49.6. The van der Waals surface area contributed by atoms with Crippen molar-refractivity contribution in [2.24, 2.45) is 0 Å². The molecule has 0 aliphatic heterocycles. The van der Waals surface area contributed by atoms with Crippen LogP contribution in [0.4, 0.5) is 0 Å². The number of hydrogen-bond acceptors (Lipinski definition) is 10. The van der Waals surface area contributed by atoms with E-state index in [1.54, 1.807) is 26.0 Å². The van der Waals surface area contributed by atoms with E-state index in [4.69, 9.17) is 18.3 Å². The molecule has 2 heterocycles. The molecule has 1 aromatic carbocycles. The van der Waals surface area contributed by atoms with E-state index in [0.29, 0.717) is 0 Å². The van der Waals surface area contributed by atoms with E-state index in [-0.39, 0.29) is 46.3 Å². The summed E-state index contributed by atoms with van der Waals surface area (Å²) in [5, 5.41) is 18.4. The van der Waals surface area contributed by atoms with Crippen molar-refractivity contribution in [3.8, 4) is 12.1 Å². The summed E-state index contributed by atoms with van der Waals surface area (Å²) in [5.74, 6) is -1.79. The number of esters is 2. The predicted octanol–water partition coefficient (Wildman–Crippen LogP) is 2.84. The molecule has 0 N–H and O–H groups in total. The molecular formula is C24H16N2O8. The summed E-state index contributed by atoms with van der Waals surface area (Å²) < 4.78 is 20.4. The van der Waals surface area contributed by atoms with Gasteiger partial charge >= 0.3 is 11.9 Å². The maximum atomic E-state index is 13.0. The minimum Gasteiger partial charge on any atom is -0.463 e. The number of carbonyl (C=O) groups is 2. The van der Waals surface area contributed by atoms with Crippen molar-refractivity contribution in [1.82, 2.24) is 0 Å². The number of benzene rings is 1. The van der Waals surface area contributed by atoms with E-state index < -0.39 is 33.9 Å². The lowest BCUT2D eigenvalue weighted by molar-refractivity contribution is -0.138. The molecule has 0 unspecified atom stereocenters. The highest BCUT2D eigenvalue weighted by Crippen LogP contribution is 2.21. The topological polar surface area (TPSA) is 161 Å². The van der Waals surface area contributed by atoms with E-state index in [9.17, 15) is 29.7 Å². The molecule has 0 aliphatic carbocycles. The molecule has 0 saturated heterocycles. The summed E-state index contributed by atoms with van der Waals surface area (Å²) in [7, 11) is 0. The highest BCUT2D eigenvalue weighted by Gasteiger charge is 2.16. The minimum absolute atomic E-state index is 0.0123. The van der Waals surface area contributed by atoms with Crippen molar-refractivity contribution >= 4 is 46.0 Å². The lowest BCUT2D eigenvalue weighted by Crippen LogP contribution is -2.11. The molecule has 0 radical (unpaired) electrons. The van der Waals surface area contributed by atoms with Crippen LogP contribution in [0.3, 0.4) is 0 Å². The maximum absolute atomic E-state index is 13.0. The van der Waals surface area contributed by atoms with Crippen molar-refractivity contribution in [2.75, 3.05) is 13.2 Å². The van der Waals surface area contributed by atoms with Gasteiger partial charge in [-0.15, -0.1) is 0 Å². The quantitative estimate of drug-likeness (QED) is 0.231. The Bertz CT molecular complexity index is 1460. The van der Waals surface area contributed by atoms with Gasteiger partial charge in [-0.3, -0.25) is 9.59 Å². The molecule has 34 heavy (non-hydrogen) atoms. The third kappa shape index (κ3) is 4.61. The zero-order chi connectivity index (χ0) is 24.8. The van der Waals surface area contributed by atoms with Gasteiger partial charge in [-0.25, -0.2) is 9.59 Å². The van der Waals surface area contributed by atoms with Crippen LogP contribution in [0.15, 0.2) is 54.2 Å². The number of fused-ring (bicyclic) bond motifs is 2. The van der Waals surface area contributed by atoms with Crippen molar-refractivity contribution < 1.29 is 27.9 Å². The van der Waals surface area contributed by atoms with Crippen LogP contribution in [0, 0.1) is 22.7 Å². The molecule has 170 valence electrons. The van der Waals surface area contributed by atoms with E-state index in [1.165, 1.54) is 12.1 Å². The molecule has 0 saturated carbocycles. The Morgan fingerprint density at radius 3 is 1.59 bits per heavy atom. The average Bonchev–Trinajstić information content (AvgIpc) is 2.83. The first-order valence-electron chi connectivity index (χ1n) is 9.93. The fourth-order valence-electron chi connectivity index (χ4n) is 2.98. The van der Waals surface area contributed by atoms with Crippen molar-refractivity contribution in [3.05, 3.63) is 67.4 Å². The molecule has 0 spiro atoms. The molecule has 2 aromatic heterocycles. The normalized spacial score (nSPS) is 11.6. The smallest absolute Gasteiger partial charge is 0.348 e. The summed E-state index contributed by atoms with van der Waals surface area (Å²) >= 11 is 0. The Labute approximate surface area is 191 Å².